The van der Waals surface area contributed by atoms with Crippen molar-refractivity contribution in [3.63, 3.8) is 0 Å². The third-order valence-corrected chi connectivity index (χ3v) is 6.07. The zero-order chi connectivity index (χ0) is 21.7. The summed E-state index contributed by atoms with van der Waals surface area (Å²) in [4.78, 5) is 15.7. The van der Waals surface area contributed by atoms with Crippen LogP contribution in [0, 0.1) is 6.92 Å². The Labute approximate surface area is 200 Å². The number of pyridine rings is 1. The van der Waals surface area contributed by atoms with Crippen LogP contribution in [0.25, 0.3) is 16.9 Å². The minimum Gasteiger partial charge on any atom is -0.390 e. The molecule has 0 saturated carbocycles. The first-order valence-corrected chi connectivity index (χ1v) is 11.8. The molecule has 0 spiro atoms. The number of hydrogen-bond acceptors (Lipinski definition) is 3. The summed E-state index contributed by atoms with van der Waals surface area (Å²) in [7, 11) is 0. The Morgan fingerprint density at radius 1 is 1.00 bits per heavy atom. The van der Waals surface area contributed by atoms with E-state index < -0.39 is 0 Å². The van der Waals surface area contributed by atoms with Crippen molar-refractivity contribution in [1.29, 1.82) is 0 Å². The molecule has 2 heterocycles. The highest BCUT2D eigenvalue weighted by atomic mass is 79.9. The van der Waals surface area contributed by atoms with Crippen LogP contribution in [-0.4, -0.2) is 25.6 Å². The number of hydrogen-bond donors (Lipinski definition) is 1. The van der Waals surface area contributed by atoms with E-state index in [0.29, 0.717) is 5.33 Å². The molecule has 2 aromatic heterocycles. The molecule has 0 atom stereocenters. The molecular formula is C23H19Br3N2O2. The maximum absolute atomic E-state index is 11.1. The van der Waals surface area contributed by atoms with Crippen molar-refractivity contribution in [2.45, 2.75) is 13.5 Å². The average Bonchev–Trinajstić information content (AvgIpc) is 3.15. The Kier molecular flexibility index (Phi) is 7.99. The Morgan fingerprint density at radius 3 is 2.17 bits per heavy atom. The van der Waals surface area contributed by atoms with Crippen molar-refractivity contribution in [2.24, 2.45) is 0 Å². The molecule has 154 valence electrons. The molecule has 0 amide bonds. The molecule has 30 heavy (non-hydrogen) atoms. The number of Topliss-reactive ketones (excluding diaryl/α,β-unsaturated/α-hetero) is 1. The van der Waals surface area contributed by atoms with E-state index in [0.717, 1.165) is 42.7 Å². The minimum atomic E-state index is -0.0317. The molecule has 1 N–H and O–H groups in total. The largest absolute Gasteiger partial charge is 0.390 e. The number of benzene rings is 2. The van der Waals surface area contributed by atoms with Crippen LogP contribution >= 0.6 is 47.8 Å². The number of aliphatic hydroxyl groups is 1. The second-order valence-corrected chi connectivity index (χ2v) is 8.91. The Hall–Kier alpha value is -1.80. The first-order chi connectivity index (χ1) is 14.4. The van der Waals surface area contributed by atoms with E-state index >= 15 is 0 Å². The summed E-state index contributed by atoms with van der Waals surface area (Å²) in [6, 6.07) is 19.3. The van der Waals surface area contributed by atoms with Gasteiger partial charge in [-0.05, 0) is 42.8 Å². The highest BCUT2D eigenvalue weighted by molar-refractivity contribution is 9.10. The molecule has 0 radical (unpaired) electrons. The van der Waals surface area contributed by atoms with Crippen molar-refractivity contribution >= 4 is 59.2 Å². The normalized spacial score (nSPS) is 10.6. The smallest absolute Gasteiger partial charge is 0.173 e. The number of alkyl halides is 1. The van der Waals surface area contributed by atoms with E-state index in [-0.39, 0.29) is 12.4 Å². The number of aryl methyl sites for hydroxylation is 1. The van der Waals surface area contributed by atoms with E-state index in [1.165, 1.54) is 0 Å². The van der Waals surface area contributed by atoms with Gasteiger partial charge in [0.05, 0.1) is 23.3 Å². The summed E-state index contributed by atoms with van der Waals surface area (Å²) in [6.07, 6.45) is 1.93. The number of carbonyl (C=O) groups excluding carboxylic acids is 1. The van der Waals surface area contributed by atoms with Crippen molar-refractivity contribution in [1.82, 2.24) is 9.38 Å². The summed E-state index contributed by atoms with van der Waals surface area (Å²) in [5.74, 6) is 0.109. The van der Waals surface area contributed by atoms with Gasteiger partial charge in [0.25, 0.3) is 0 Å². The molecule has 0 aliphatic carbocycles. The zero-order valence-corrected chi connectivity index (χ0v) is 20.9. The van der Waals surface area contributed by atoms with Gasteiger partial charge in [-0.25, -0.2) is 4.98 Å². The summed E-state index contributed by atoms with van der Waals surface area (Å²) in [5.41, 5.74) is 5.40. The molecule has 0 fully saturated rings. The monoisotopic (exact) mass is 592 g/mol. The lowest BCUT2D eigenvalue weighted by molar-refractivity contribution is 0.102. The Bertz CT molecular complexity index is 1150. The lowest BCUT2D eigenvalue weighted by Crippen LogP contribution is -1.98. The predicted octanol–water partition coefficient (Wildman–Crippen LogP) is 6.59. The number of rotatable bonds is 4. The van der Waals surface area contributed by atoms with Crippen LogP contribution in [0.5, 0.6) is 0 Å². The van der Waals surface area contributed by atoms with Crippen LogP contribution in [0.1, 0.15) is 21.6 Å². The Balaban J connectivity index is 0.000000199. The first-order valence-electron chi connectivity index (χ1n) is 9.12. The number of imidazole rings is 1. The van der Waals surface area contributed by atoms with Crippen molar-refractivity contribution in [3.05, 3.63) is 92.6 Å². The SMILES string of the molecule is Cc1cccn2c(CO)c(-c3ccc(Br)cc3)nc12.O=C(CBr)c1ccc(Br)cc1. The predicted molar refractivity (Wildman–Crippen MR) is 131 cm³/mol. The zero-order valence-electron chi connectivity index (χ0n) is 16.1. The molecule has 2 aromatic carbocycles. The molecule has 0 saturated heterocycles. The van der Waals surface area contributed by atoms with E-state index in [2.05, 4.69) is 52.8 Å². The highest BCUT2D eigenvalue weighted by Gasteiger charge is 2.14. The summed E-state index contributed by atoms with van der Waals surface area (Å²) < 4.78 is 3.97. The Morgan fingerprint density at radius 2 is 1.60 bits per heavy atom. The van der Waals surface area contributed by atoms with Crippen LogP contribution < -0.4 is 0 Å². The molecule has 7 heteroatoms. The lowest BCUT2D eigenvalue weighted by Gasteiger charge is -2.02. The third-order valence-electron chi connectivity index (χ3n) is 4.50. The molecular weight excluding hydrogens is 576 g/mol. The van der Waals surface area contributed by atoms with Crippen molar-refractivity contribution < 1.29 is 9.90 Å². The number of fused-ring (bicyclic) bond motifs is 1. The van der Waals surface area contributed by atoms with E-state index in [9.17, 15) is 9.90 Å². The van der Waals surface area contributed by atoms with Crippen molar-refractivity contribution in [2.75, 3.05) is 5.33 Å². The van der Waals surface area contributed by atoms with Gasteiger partial charge in [0.2, 0.25) is 0 Å². The number of carbonyl (C=O) groups is 1. The second kappa shape index (κ2) is 10.5. The van der Waals surface area contributed by atoms with Crippen LogP contribution in [0.4, 0.5) is 0 Å². The van der Waals surface area contributed by atoms with Crippen LogP contribution in [-0.2, 0) is 6.61 Å². The van der Waals surface area contributed by atoms with Crippen LogP contribution in [0.2, 0.25) is 0 Å². The standard InChI is InChI=1S/C15H13BrN2O.C8H6Br2O/c1-10-3-2-8-18-13(9-19)14(17-15(10)18)11-4-6-12(16)7-5-11;9-5-8(11)6-1-3-7(10)4-2-6/h2-8,19H,9H2,1H3;1-4H,5H2. The third kappa shape index (κ3) is 5.27. The number of aliphatic hydroxyl groups excluding tert-OH is 1. The van der Waals surface area contributed by atoms with Gasteiger partial charge >= 0.3 is 0 Å². The lowest BCUT2D eigenvalue weighted by atomic mass is 10.1. The van der Waals surface area contributed by atoms with Gasteiger partial charge in [-0.15, -0.1) is 0 Å². The maximum atomic E-state index is 11.1. The van der Waals surface area contributed by atoms with Gasteiger partial charge in [-0.1, -0.05) is 78.1 Å². The van der Waals surface area contributed by atoms with Gasteiger partial charge in [0.1, 0.15) is 5.65 Å². The molecule has 0 bridgehead atoms. The first kappa shape index (κ1) is 22.9. The number of nitrogens with zero attached hydrogens (tertiary/aromatic N) is 2. The van der Waals surface area contributed by atoms with Gasteiger partial charge in [0, 0.05) is 26.3 Å². The second-order valence-electron chi connectivity index (χ2n) is 6.52. The molecule has 4 aromatic rings. The maximum Gasteiger partial charge on any atom is 0.173 e. The fraction of sp³-hybridized carbons (Fsp3) is 0.130. The summed E-state index contributed by atoms with van der Waals surface area (Å²) in [5, 5.41) is 10.0. The van der Waals surface area contributed by atoms with Gasteiger partial charge in [-0.3, -0.25) is 4.79 Å². The van der Waals surface area contributed by atoms with Crippen LogP contribution in [0.15, 0.2) is 75.8 Å². The molecule has 0 aliphatic rings. The topological polar surface area (TPSA) is 54.6 Å². The molecule has 4 rings (SSSR count). The summed E-state index contributed by atoms with van der Waals surface area (Å²) >= 11 is 9.83. The van der Waals surface area contributed by atoms with Gasteiger partial charge in [-0.2, -0.15) is 0 Å². The molecule has 0 unspecified atom stereocenters. The van der Waals surface area contributed by atoms with E-state index in [1.54, 1.807) is 12.1 Å². The van der Waals surface area contributed by atoms with Gasteiger partial charge < -0.3 is 9.51 Å². The quantitative estimate of drug-likeness (QED) is 0.214. The van der Waals surface area contributed by atoms with Crippen molar-refractivity contribution in [3.8, 4) is 11.3 Å². The summed E-state index contributed by atoms with van der Waals surface area (Å²) in [6.45, 7) is 1.99. The van der Waals surface area contributed by atoms with E-state index in [4.69, 9.17) is 0 Å². The minimum absolute atomic E-state index is 0.0317. The molecule has 4 nitrogen and oxygen atoms in total. The fourth-order valence-electron chi connectivity index (χ4n) is 2.96. The number of halogens is 3. The fourth-order valence-corrected chi connectivity index (χ4v) is 3.81. The highest BCUT2D eigenvalue weighted by Crippen LogP contribution is 2.27. The average molecular weight is 595 g/mol. The van der Waals surface area contributed by atoms with E-state index in [1.807, 2.05) is 66.1 Å². The molecule has 0 aliphatic heterocycles. The van der Waals surface area contributed by atoms with Gasteiger partial charge in [0.15, 0.2) is 5.78 Å². The number of ketones is 1. The number of aromatic nitrogens is 2. The van der Waals surface area contributed by atoms with Crippen LogP contribution in [0.3, 0.4) is 0 Å².